The van der Waals surface area contributed by atoms with Gasteiger partial charge >= 0.3 is 5.97 Å². The van der Waals surface area contributed by atoms with Gasteiger partial charge in [0.1, 0.15) is 28.3 Å². The molecule has 2 aromatic heterocycles. The number of nitrogens with zero attached hydrogens (tertiary/aromatic N) is 2. The lowest BCUT2D eigenvalue weighted by molar-refractivity contribution is 0.0699. The Labute approximate surface area is 130 Å². The Hall–Kier alpha value is -3.29. The van der Waals surface area contributed by atoms with Gasteiger partial charge in [0.2, 0.25) is 5.88 Å². The number of carboxylic acid groups (broad SMARTS) is 1. The minimum absolute atomic E-state index is 0.0289. The van der Waals surface area contributed by atoms with Gasteiger partial charge in [-0.1, -0.05) is 0 Å². The van der Waals surface area contributed by atoms with Crippen LogP contribution in [0.15, 0.2) is 30.6 Å². The molecule has 3 rings (SSSR count). The van der Waals surface area contributed by atoms with Crippen molar-refractivity contribution in [3.05, 3.63) is 36.2 Å². The van der Waals surface area contributed by atoms with Crippen molar-refractivity contribution in [2.24, 2.45) is 0 Å². The summed E-state index contributed by atoms with van der Waals surface area (Å²) < 4.78 is 16.0. The zero-order valence-corrected chi connectivity index (χ0v) is 12.4. The Morgan fingerprint density at radius 2 is 1.78 bits per heavy atom. The van der Waals surface area contributed by atoms with E-state index in [1.165, 1.54) is 26.6 Å². The fourth-order valence-electron chi connectivity index (χ4n) is 2.05. The van der Waals surface area contributed by atoms with E-state index in [1.54, 1.807) is 18.2 Å². The molecule has 0 aliphatic heterocycles. The number of benzene rings is 1. The third-order valence-electron chi connectivity index (χ3n) is 3.14. The number of hydrogen-bond acceptors (Lipinski definition) is 6. The van der Waals surface area contributed by atoms with Gasteiger partial charge in [-0.2, -0.15) is 0 Å². The van der Waals surface area contributed by atoms with Gasteiger partial charge in [0.05, 0.1) is 20.4 Å². The number of rotatable bonds is 5. The van der Waals surface area contributed by atoms with Gasteiger partial charge in [0.15, 0.2) is 5.65 Å². The van der Waals surface area contributed by atoms with Crippen molar-refractivity contribution in [2.75, 3.05) is 14.2 Å². The summed E-state index contributed by atoms with van der Waals surface area (Å²) in [7, 11) is 3.06. The van der Waals surface area contributed by atoms with Crippen LogP contribution in [0.3, 0.4) is 0 Å². The van der Waals surface area contributed by atoms with E-state index in [4.69, 9.17) is 19.3 Å². The largest absolute Gasteiger partial charge is 0.496 e. The predicted molar refractivity (Wildman–Crippen MR) is 80.5 cm³/mol. The molecule has 0 saturated heterocycles. The molecule has 0 bridgehead atoms. The number of nitrogens with one attached hydrogen (secondary N) is 1. The van der Waals surface area contributed by atoms with Crippen LogP contribution in [-0.2, 0) is 0 Å². The lowest BCUT2D eigenvalue weighted by Gasteiger charge is -2.09. The van der Waals surface area contributed by atoms with Gasteiger partial charge in [-0.25, -0.2) is 14.8 Å². The van der Waals surface area contributed by atoms with Crippen LogP contribution in [0.25, 0.3) is 11.2 Å². The van der Waals surface area contributed by atoms with Crippen LogP contribution >= 0.6 is 0 Å². The molecule has 0 aliphatic rings. The van der Waals surface area contributed by atoms with Crippen molar-refractivity contribution in [3.8, 4) is 23.1 Å². The van der Waals surface area contributed by atoms with Crippen LogP contribution in [0.4, 0.5) is 0 Å². The molecule has 0 fully saturated rings. The summed E-state index contributed by atoms with van der Waals surface area (Å²) in [5.74, 6) is 0.616. The minimum atomic E-state index is -1.09. The third kappa shape index (κ3) is 2.86. The number of aromatic carboxylic acids is 1. The molecule has 0 unspecified atom stereocenters. The molecule has 0 aliphatic carbocycles. The van der Waals surface area contributed by atoms with E-state index in [-0.39, 0.29) is 17.0 Å². The second-order valence-corrected chi connectivity index (χ2v) is 4.56. The fraction of sp³-hybridized carbons (Fsp3) is 0.133. The number of fused-ring (bicyclic) bond motifs is 1. The minimum Gasteiger partial charge on any atom is -0.496 e. The molecular formula is C15H13N3O5. The van der Waals surface area contributed by atoms with Gasteiger partial charge < -0.3 is 24.3 Å². The highest BCUT2D eigenvalue weighted by atomic mass is 16.5. The van der Waals surface area contributed by atoms with Gasteiger partial charge in [-0.05, 0) is 0 Å². The van der Waals surface area contributed by atoms with E-state index in [2.05, 4.69) is 15.0 Å². The molecule has 8 nitrogen and oxygen atoms in total. The molecule has 1 aromatic carbocycles. The van der Waals surface area contributed by atoms with Crippen LogP contribution in [0.1, 0.15) is 10.4 Å². The molecule has 0 amide bonds. The van der Waals surface area contributed by atoms with Crippen molar-refractivity contribution >= 4 is 17.1 Å². The molecule has 3 aromatic rings. The van der Waals surface area contributed by atoms with Crippen LogP contribution in [0, 0.1) is 0 Å². The van der Waals surface area contributed by atoms with E-state index < -0.39 is 5.97 Å². The van der Waals surface area contributed by atoms with Gasteiger partial charge in [0, 0.05) is 24.4 Å². The molecule has 0 spiro atoms. The van der Waals surface area contributed by atoms with E-state index in [0.29, 0.717) is 22.9 Å². The molecular weight excluding hydrogens is 302 g/mol. The Balaban J connectivity index is 1.98. The highest BCUT2D eigenvalue weighted by Gasteiger charge is 2.14. The second-order valence-electron chi connectivity index (χ2n) is 4.56. The average Bonchev–Trinajstić information content (AvgIpc) is 2.97. The van der Waals surface area contributed by atoms with Gasteiger partial charge in [0.25, 0.3) is 0 Å². The Morgan fingerprint density at radius 3 is 2.39 bits per heavy atom. The number of H-pyrrole nitrogens is 1. The smallest absolute Gasteiger partial charge is 0.339 e. The lowest BCUT2D eigenvalue weighted by Crippen LogP contribution is -1.97. The summed E-state index contributed by atoms with van der Waals surface area (Å²) >= 11 is 0. The number of ether oxygens (including phenoxy) is 3. The highest BCUT2D eigenvalue weighted by molar-refractivity contribution is 6.00. The molecule has 8 heteroatoms. The molecule has 0 saturated carbocycles. The summed E-state index contributed by atoms with van der Waals surface area (Å²) in [6.07, 6.45) is 2.74. The van der Waals surface area contributed by atoms with Crippen molar-refractivity contribution < 1.29 is 24.1 Å². The number of carboxylic acids is 1. The predicted octanol–water partition coefficient (Wildman–Crippen LogP) is 2.47. The Morgan fingerprint density at radius 1 is 1.13 bits per heavy atom. The first kappa shape index (κ1) is 14.6. The van der Waals surface area contributed by atoms with Crippen LogP contribution in [0.2, 0.25) is 0 Å². The SMILES string of the molecule is COc1cc(OC)cc(Oc2cnc3[nH]cc(C(=O)O)c3n2)c1. The van der Waals surface area contributed by atoms with Crippen molar-refractivity contribution in [1.82, 2.24) is 15.0 Å². The first-order chi connectivity index (χ1) is 11.1. The molecule has 0 radical (unpaired) electrons. The number of aromatic amines is 1. The summed E-state index contributed by atoms with van der Waals surface area (Å²) in [6.45, 7) is 0. The first-order valence-electron chi connectivity index (χ1n) is 6.59. The highest BCUT2D eigenvalue weighted by Crippen LogP contribution is 2.30. The van der Waals surface area contributed by atoms with E-state index in [9.17, 15) is 4.79 Å². The van der Waals surface area contributed by atoms with Crippen LogP contribution < -0.4 is 14.2 Å². The molecule has 0 atom stereocenters. The van der Waals surface area contributed by atoms with Crippen molar-refractivity contribution in [1.29, 1.82) is 0 Å². The third-order valence-corrected chi connectivity index (χ3v) is 3.14. The maximum atomic E-state index is 11.2. The Kier molecular flexibility index (Phi) is 3.71. The van der Waals surface area contributed by atoms with Crippen LogP contribution in [0.5, 0.6) is 23.1 Å². The van der Waals surface area contributed by atoms with Gasteiger partial charge in [-0.15, -0.1) is 0 Å². The molecule has 118 valence electrons. The zero-order valence-electron chi connectivity index (χ0n) is 12.4. The summed E-state index contributed by atoms with van der Waals surface area (Å²) in [4.78, 5) is 22.2. The first-order valence-corrected chi connectivity index (χ1v) is 6.59. The lowest BCUT2D eigenvalue weighted by atomic mass is 10.3. The quantitative estimate of drug-likeness (QED) is 0.744. The van der Waals surface area contributed by atoms with E-state index >= 15 is 0 Å². The second kappa shape index (κ2) is 5.84. The van der Waals surface area contributed by atoms with E-state index in [1.807, 2.05) is 0 Å². The maximum Gasteiger partial charge on any atom is 0.339 e. The molecule has 2 heterocycles. The fourth-order valence-corrected chi connectivity index (χ4v) is 2.05. The zero-order chi connectivity index (χ0) is 16.4. The van der Waals surface area contributed by atoms with Crippen LogP contribution in [-0.4, -0.2) is 40.2 Å². The maximum absolute atomic E-state index is 11.2. The van der Waals surface area contributed by atoms with Crippen molar-refractivity contribution in [3.63, 3.8) is 0 Å². The molecule has 2 N–H and O–H groups in total. The van der Waals surface area contributed by atoms with Crippen molar-refractivity contribution in [2.45, 2.75) is 0 Å². The number of hydrogen-bond donors (Lipinski definition) is 2. The van der Waals surface area contributed by atoms with E-state index in [0.717, 1.165) is 0 Å². The summed E-state index contributed by atoms with van der Waals surface area (Å²) in [6, 6.07) is 5.02. The summed E-state index contributed by atoms with van der Waals surface area (Å²) in [5.41, 5.74) is 0.629. The standard InChI is InChI=1S/C15H13N3O5/c1-21-8-3-9(22-2)5-10(4-8)23-12-7-17-14-13(18-12)11(6-16-14)15(19)20/h3-7H,1-2H3,(H,16,17)(H,19,20). The Bertz CT molecular complexity index is 852. The summed E-state index contributed by atoms with van der Waals surface area (Å²) in [5, 5.41) is 9.13. The number of methoxy groups -OCH3 is 2. The number of carbonyl (C=O) groups is 1. The molecule has 23 heavy (non-hydrogen) atoms. The monoisotopic (exact) mass is 315 g/mol. The topological polar surface area (TPSA) is 107 Å². The van der Waals surface area contributed by atoms with Gasteiger partial charge in [-0.3, -0.25) is 0 Å². The number of aromatic nitrogens is 3. The normalized spacial score (nSPS) is 10.5. The average molecular weight is 315 g/mol.